The summed E-state index contributed by atoms with van der Waals surface area (Å²) in [7, 11) is 0. The topological polar surface area (TPSA) is 245 Å². The van der Waals surface area contributed by atoms with Crippen molar-refractivity contribution in [1.29, 1.82) is 0 Å². The van der Waals surface area contributed by atoms with Gasteiger partial charge in [0.15, 0.2) is 27.7 Å². The summed E-state index contributed by atoms with van der Waals surface area (Å²) < 4.78 is 22.1. The van der Waals surface area contributed by atoms with Gasteiger partial charge in [0, 0.05) is 25.4 Å². The van der Waals surface area contributed by atoms with Gasteiger partial charge in [-0.3, -0.25) is 24.1 Å². The lowest BCUT2D eigenvalue weighted by molar-refractivity contribution is -0.154. The standard InChI is InChI=1S/C40H33N7O11S3/c1-20-44-45-40(61-20)60-19-26-18-59-36-31(35(51)47(36)32(26)38(53)57-33(23-10-6-4-7-11-23)24-12-8-5-9-13-24)43-34(50)30(27-17-54-39(41)42-27)46-58-37(52)25-14-15-28(55-21(2)48)29(16-25)56-22(3)49/h4-17,31,33,36H,18-19H2,1-3H3,(H2,41,42)(H,43,50)/t31-,36+/m1/s1. The lowest BCUT2D eigenvalue weighted by Crippen LogP contribution is -2.71. The Kier molecular flexibility index (Phi) is 12.9. The molecule has 312 valence electrons. The Morgan fingerprint density at radius 1 is 0.951 bits per heavy atom. The number of amides is 2. The number of rotatable bonds is 14. The number of hydrogen-bond donors (Lipinski definition) is 2. The summed E-state index contributed by atoms with van der Waals surface area (Å²) in [5.74, 6) is -4.76. The molecule has 18 nitrogen and oxygen atoms in total. The van der Waals surface area contributed by atoms with Crippen LogP contribution in [0.15, 0.2) is 110 Å². The zero-order valence-electron chi connectivity index (χ0n) is 32.3. The Balaban J connectivity index is 1.14. The van der Waals surface area contributed by atoms with Crippen LogP contribution in [-0.4, -0.2) is 84.4 Å². The van der Waals surface area contributed by atoms with Crippen LogP contribution in [0.1, 0.15) is 52.1 Å². The number of ether oxygens (including phenoxy) is 3. The third-order valence-corrected chi connectivity index (χ3v) is 12.1. The number of nitrogens with two attached hydrogens (primary N) is 1. The van der Waals surface area contributed by atoms with Crippen LogP contribution in [0.2, 0.25) is 0 Å². The van der Waals surface area contributed by atoms with Crippen molar-refractivity contribution in [3.05, 3.63) is 124 Å². The fourth-order valence-corrected chi connectivity index (χ4v) is 9.38. The average molecular weight is 884 g/mol. The van der Waals surface area contributed by atoms with Crippen LogP contribution < -0.4 is 20.5 Å². The Morgan fingerprint density at radius 3 is 2.23 bits per heavy atom. The first-order chi connectivity index (χ1) is 29.4. The first-order valence-corrected chi connectivity index (χ1v) is 20.9. The fraction of sp³-hybridized carbons (Fsp3) is 0.200. The summed E-state index contributed by atoms with van der Waals surface area (Å²) in [6.07, 6.45) is 0.188. The van der Waals surface area contributed by atoms with Crippen LogP contribution in [0.3, 0.4) is 0 Å². The maximum Gasteiger partial charge on any atom is 0.365 e. The first kappa shape index (κ1) is 42.3. The SMILES string of the molecule is CC(=O)Oc1ccc(C(=O)ON=C(C(=O)N[C@@H]2C(=O)N3C(C(=O)OC(c4ccccc4)c4ccccc4)=C(CSc4nnc(C)s4)CS[C@@H]23)c2coc(N)n2)cc1OC(C)=O. The summed E-state index contributed by atoms with van der Waals surface area (Å²) >= 11 is 4.08. The number of benzene rings is 3. The molecule has 21 heteroatoms. The number of anilines is 1. The molecule has 3 N–H and O–H groups in total. The number of nitrogens with zero attached hydrogens (tertiary/aromatic N) is 5. The Labute approximate surface area is 358 Å². The molecule has 2 aliphatic heterocycles. The quantitative estimate of drug-likeness (QED) is 0.0294. The molecule has 0 saturated carbocycles. The van der Waals surface area contributed by atoms with E-state index in [0.717, 1.165) is 42.3 Å². The molecule has 1 fully saturated rings. The number of fused-ring (bicyclic) bond motifs is 1. The molecule has 0 unspecified atom stereocenters. The average Bonchev–Trinajstić information content (AvgIpc) is 3.88. The molecule has 2 atom stereocenters. The van der Waals surface area contributed by atoms with Crippen LogP contribution in [0.25, 0.3) is 0 Å². The van der Waals surface area contributed by atoms with Crippen molar-refractivity contribution in [3.8, 4) is 11.5 Å². The summed E-state index contributed by atoms with van der Waals surface area (Å²) in [5.41, 5.74) is 6.73. The molecule has 2 amide bonds. The van der Waals surface area contributed by atoms with Gasteiger partial charge in [-0.2, -0.15) is 4.98 Å². The van der Waals surface area contributed by atoms with E-state index in [0.29, 0.717) is 21.4 Å². The van der Waals surface area contributed by atoms with Crippen molar-refractivity contribution in [2.45, 2.75) is 42.6 Å². The number of nitrogen functional groups attached to an aromatic ring is 1. The molecule has 2 aromatic heterocycles. The third kappa shape index (κ3) is 9.80. The molecule has 0 aliphatic carbocycles. The molecule has 2 aliphatic rings. The zero-order chi connectivity index (χ0) is 43.2. The van der Waals surface area contributed by atoms with Gasteiger partial charge in [0.2, 0.25) is 0 Å². The minimum Gasteiger partial charge on any atom is -0.448 e. The summed E-state index contributed by atoms with van der Waals surface area (Å²) in [6, 6.07) is 20.4. The number of carbonyl (C=O) groups is 6. The van der Waals surface area contributed by atoms with Gasteiger partial charge < -0.3 is 34.5 Å². The molecule has 61 heavy (non-hydrogen) atoms. The highest BCUT2D eigenvalue weighted by molar-refractivity contribution is 8.01. The number of carbonyl (C=O) groups excluding carboxylic acids is 6. The molecule has 3 aromatic carbocycles. The van der Waals surface area contributed by atoms with Gasteiger partial charge in [0.1, 0.15) is 34.1 Å². The first-order valence-electron chi connectivity index (χ1n) is 18.1. The van der Waals surface area contributed by atoms with Gasteiger partial charge >= 0.3 is 23.9 Å². The number of oxazole rings is 1. The summed E-state index contributed by atoms with van der Waals surface area (Å²) in [4.78, 5) is 89.1. The van der Waals surface area contributed by atoms with E-state index < -0.39 is 58.9 Å². The van der Waals surface area contributed by atoms with Crippen LogP contribution >= 0.6 is 34.9 Å². The minimum absolute atomic E-state index is 0.0461. The van der Waals surface area contributed by atoms with Gasteiger partial charge in [-0.05, 0) is 41.8 Å². The van der Waals surface area contributed by atoms with Gasteiger partial charge in [-0.15, -0.1) is 22.0 Å². The predicted octanol–water partition coefficient (Wildman–Crippen LogP) is 4.61. The molecule has 1 saturated heterocycles. The van der Waals surface area contributed by atoms with Crippen molar-refractivity contribution >= 4 is 82.3 Å². The molecule has 7 rings (SSSR count). The fourth-order valence-electron chi connectivity index (χ4n) is 6.07. The van der Waals surface area contributed by atoms with E-state index in [4.69, 9.17) is 29.2 Å². The van der Waals surface area contributed by atoms with Crippen LogP contribution in [0.5, 0.6) is 11.5 Å². The van der Waals surface area contributed by atoms with Gasteiger partial charge in [-0.1, -0.05) is 88.9 Å². The Bertz CT molecular complexity index is 2540. The predicted molar refractivity (Wildman–Crippen MR) is 220 cm³/mol. The lowest BCUT2D eigenvalue weighted by Gasteiger charge is -2.49. The van der Waals surface area contributed by atoms with E-state index in [1.54, 1.807) is 0 Å². The van der Waals surface area contributed by atoms with Gasteiger partial charge in [0.05, 0.1) is 5.56 Å². The summed E-state index contributed by atoms with van der Waals surface area (Å²) in [5, 5.41) is 14.6. The number of β-lactam (4-membered cyclic amide) rings is 1. The largest absolute Gasteiger partial charge is 0.448 e. The smallest absolute Gasteiger partial charge is 0.365 e. The second-order valence-corrected chi connectivity index (χ2v) is 16.5. The highest BCUT2D eigenvalue weighted by atomic mass is 32.2. The van der Waals surface area contributed by atoms with E-state index in [9.17, 15) is 28.8 Å². The number of nitrogens with one attached hydrogen (secondary N) is 1. The monoisotopic (exact) mass is 883 g/mol. The maximum atomic E-state index is 14.4. The molecule has 0 spiro atoms. The van der Waals surface area contributed by atoms with E-state index in [1.807, 2.05) is 67.6 Å². The third-order valence-electron chi connectivity index (χ3n) is 8.72. The van der Waals surface area contributed by atoms with Crippen molar-refractivity contribution in [2.24, 2.45) is 5.16 Å². The molecular formula is C40H33N7O11S3. The summed E-state index contributed by atoms with van der Waals surface area (Å²) in [6.45, 7) is 4.08. The van der Waals surface area contributed by atoms with E-state index in [-0.39, 0.29) is 34.5 Å². The molecule has 5 aromatic rings. The molecule has 0 bridgehead atoms. The molecule has 4 heterocycles. The van der Waals surface area contributed by atoms with Crippen LogP contribution in [0.4, 0.5) is 6.01 Å². The van der Waals surface area contributed by atoms with Crippen molar-refractivity contribution < 1.29 is 52.2 Å². The number of oxime groups is 1. The maximum absolute atomic E-state index is 14.4. The minimum atomic E-state index is -1.18. The van der Waals surface area contributed by atoms with E-state index >= 15 is 0 Å². The lowest BCUT2D eigenvalue weighted by atomic mass is 10.0. The highest BCUT2D eigenvalue weighted by Gasteiger charge is 2.55. The Morgan fingerprint density at radius 2 is 1.62 bits per heavy atom. The number of esters is 3. The van der Waals surface area contributed by atoms with Crippen LogP contribution in [-0.2, 0) is 33.5 Å². The number of aromatic nitrogens is 3. The second kappa shape index (κ2) is 18.6. The van der Waals surface area contributed by atoms with Gasteiger partial charge in [0.25, 0.3) is 17.8 Å². The van der Waals surface area contributed by atoms with Crippen molar-refractivity contribution in [1.82, 2.24) is 25.4 Å². The zero-order valence-corrected chi connectivity index (χ0v) is 34.7. The molecular weight excluding hydrogens is 851 g/mol. The van der Waals surface area contributed by atoms with E-state index in [2.05, 4.69) is 25.7 Å². The molecule has 0 radical (unpaired) electrons. The number of aryl methyl sites for hydroxylation is 1. The highest BCUT2D eigenvalue weighted by Crippen LogP contribution is 2.43. The van der Waals surface area contributed by atoms with Crippen molar-refractivity contribution in [3.63, 3.8) is 0 Å². The van der Waals surface area contributed by atoms with Crippen LogP contribution in [0, 0.1) is 6.92 Å². The second-order valence-electron chi connectivity index (χ2n) is 13.0. The van der Waals surface area contributed by atoms with Gasteiger partial charge in [-0.25, -0.2) is 9.59 Å². The number of thioether (sulfide) groups is 2. The number of hydrogen-bond acceptors (Lipinski definition) is 19. The van der Waals surface area contributed by atoms with Crippen molar-refractivity contribution in [2.75, 3.05) is 17.2 Å². The van der Waals surface area contributed by atoms with E-state index in [1.165, 1.54) is 51.9 Å². The normalized spacial score (nSPS) is 16.0. The Hall–Kier alpha value is -6.84.